The molecule has 1 aliphatic rings. The molecule has 3 rings (SSSR count). The van der Waals surface area contributed by atoms with Crippen LogP contribution in [0.5, 0.6) is 0 Å². The van der Waals surface area contributed by atoms with E-state index in [1.54, 1.807) is 6.33 Å². The SMILES string of the molecule is Nc1ncnc2c1ncn2C1CCC(F)(CO)C1. The molecule has 96 valence electrons. The summed E-state index contributed by atoms with van der Waals surface area (Å²) in [6, 6.07) is -0.0403. The molecule has 0 bridgehead atoms. The largest absolute Gasteiger partial charge is 0.393 e. The Hall–Kier alpha value is -1.76. The minimum absolute atomic E-state index is 0.0403. The van der Waals surface area contributed by atoms with Gasteiger partial charge in [0.05, 0.1) is 12.9 Å². The molecule has 7 heteroatoms. The van der Waals surface area contributed by atoms with Gasteiger partial charge in [-0.1, -0.05) is 0 Å². The minimum Gasteiger partial charge on any atom is -0.393 e. The summed E-state index contributed by atoms with van der Waals surface area (Å²) in [6.45, 7) is -0.437. The van der Waals surface area contributed by atoms with Crippen molar-refractivity contribution in [3.05, 3.63) is 12.7 Å². The third-order valence-corrected chi connectivity index (χ3v) is 3.59. The Morgan fingerprint density at radius 3 is 3.06 bits per heavy atom. The van der Waals surface area contributed by atoms with E-state index in [0.29, 0.717) is 29.8 Å². The number of nitrogens with two attached hydrogens (primary N) is 1. The van der Waals surface area contributed by atoms with Gasteiger partial charge >= 0.3 is 0 Å². The molecule has 0 amide bonds. The van der Waals surface area contributed by atoms with Gasteiger partial charge in [-0.25, -0.2) is 19.3 Å². The zero-order valence-electron chi connectivity index (χ0n) is 9.75. The van der Waals surface area contributed by atoms with E-state index < -0.39 is 12.3 Å². The van der Waals surface area contributed by atoms with Gasteiger partial charge in [0.15, 0.2) is 11.5 Å². The summed E-state index contributed by atoms with van der Waals surface area (Å²) in [5.74, 6) is 0.324. The van der Waals surface area contributed by atoms with Crippen LogP contribution in [0.2, 0.25) is 0 Å². The molecule has 1 saturated carbocycles. The Bertz CT molecular complexity index is 586. The molecule has 1 fully saturated rings. The maximum absolute atomic E-state index is 14.0. The standard InChI is InChI=1S/C11H14FN5O/c12-11(4-18)2-1-7(3-11)17-6-16-8-9(13)14-5-15-10(8)17/h5-7,18H,1-4H2,(H2,13,14,15). The van der Waals surface area contributed by atoms with Gasteiger partial charge in [0.1, 0.15) is 17.5 Å². The first-order valence-corrected chi connectivity index (χ1v) is 5.86. The van der Waals surface area contributed by atoms with Gasteiger partial charge in [0, 0.05) is 12.5 Å². The van der Waals surface area contributed by atoms with Crippen LogP contribution in [0.15, 0.2) is 12.7 Å². The van der Waals surface area contributed by atoms with E-state index in [1.807, 2.05) is 4.57 Å². The Morgan fingerprint density at radius 1 is 1.50 bits per heavy atom. The highest BCUT2D eigenvalue weighted by Gasteiger charge is 2.40. The quantitative estimate of drug-likeness (QED) is 0.825. The van der Waals surface area contributed by atoms with Crippen molar-refractivity contribution in [3.63, 3.8) is 0 Å². The lowest BCUT2D eigenvalue weighted by Gasteiger charge is -2.17. The van der Waals surface area contributed by atoms with Crippen LogP contribution in [0.25, 0.3) is 11.2 Å². The van der Waals surface area contributed by atoms with E-state index in [9.17, 15) is 4.39 Å². The highest BCUT2D eigenvalue weighted by molar-refractivity contribution is 5.81. The molecule has 18 heavy (non-hydrogen) atoms. The zero-order valence-corrected chi connectivity index (χ0v) is 9.75. The number of aromatic nitrogens is 4. The number of fused-ring (bicyclic) bond motifs is 1. The lowest BCUT2D eigenvalue weighted by molar-refractivity contribution is 0.0741. The van der Waals surface area contributed by atoms with Gasteiger partial charge in [-0.3, -0.25) is 0 Å². The second-order valence-corrected chi connectivity index (χ2v) is 4.79. The minimum atomic E-state index is -1.49. The number of halogens is 1. The number of hydrogen-bond donors (Lipinski definition) is 2. The molecule has 2 unspecified atom stereocenters. The number of anilines is 1. The van der Waals surface area contributed by atoms with Gasteiger partial charge in [-0.05, 0) is 12.8 Å². The predicted octanol–water partition coefficient (Wildman–Crippen LogP) is 0.834. The van der Waals surface area contributed by atoms with Crippen LogP contribution >= 0.6 is 0 Å². The lowest BCUT2D eigenvalue weighted by Crippen LogP contribution is -2.24. The third-order valence-electron chi connectivity index (χ3n) is 3.59. The van der Waals surface area contributed by atoms with Crippen molar-refractivity contribution in [1.29, 1.82) is 0 Å². The monoisotopic (exact) mass is 251 g/mol. The van der Waals surface area contributed by atoms with Crippen LogP contribution in [-0.2, 0) is 0 Å². The number of alkyl halides is 1. The molecule has 0 radical (unpaired) electrons. The Labute approximate surface area is 103 Å². The van der Waals surface area contributed by atoms with E-state index in [2.05, 4.69) is 15.0 Å². The average Bonchev–Trinajstić information content (AvgIpc) is 2.94. The normalized spacial score (nSPS) is 28.0. The molecule has 0 aliphatic heterocycles. The van der Waals surface area contributed by atoms with Crippen LogP contribution in [0.3, 0.4) is 0 Å². The highest BCUT2D eigenvalue weighted by atomic mass is 19.1. The van der Waals surface area contributed by atoms with Crippen LogP contribution in [0, 0.1) is 0 Å². The van der Waals surface area contributed by atoms with Gasteiger partial charge in [-0.15, -0.1) is 0 Å². The Morgan fingerprint density at radius 2 is 2.33 bits per heavy atom. The number of aliphatic hydroxyl groups excluding tert-OH is 1. The summed E-state index contributed by atoms with van der Waals surface area (Å²) in [6.07, 6.45) is 4.28. The summed E-state index contributed by atoms with van der Waals surface area (Å²) in [5.41, 5.74) is 5.38. The number of nitrogens with zero attached hydrogens (tertiary/aromatic N) is 4. The van der Waals surface area contributed by atoms with Crippen molar-refractivity contribution in [2.45, 2.75) is 31.0 Å². The third kappa shape index (κ3) is 1.62. The topological polar surface area (TPSA) is 89.9 Å². The molecule has 1 aliphatic carbocycles. The van der Waals surface area contributed by atoms with Crippen molar-refractivity contribution in [2.24, 2.45) is 0 Å². The van der Waals surface area contributed by atoms with Crippen molar-refractivity contribution in [3.8, 4) is 0 Å². The van der Waals surface area contributed by atoms with Gasteiger partial charge in [-0.2, -0.15) is 0 Å². The highest BCUT2D eigenvalue weighted by Crippen LogP contribution is 2.41. The molecule has 3 N–H and O–H groups in total. The lowest BCUT2D eigenvalue weighted by atomic mass is 10.1. The smallest absolute Gasteiger partial charge is 0.165 e. The summed E-state index contributed by atoms with van der Waals surface area (Å²) in [7, 11) is 0. The number of hydrogen-bond acceptors (Lipinski definition) is 5. The molecular weight excluding hydrogens is 237 g/mol. The predicted molar refractivity (Wildman–Crippen MR) is 63.5 cm³/mol. The summed E-state index contributed by atoms with van der Waals surface area (Å²) < 4.78 is 15.8. The molecule has 0 aromatic carbocycles. The maximum Gasteiger partial charge on any atom is 0.165 e. The fourth-order valence-electron chi connectivity index (χ4n) is 2.57. The maximum atomic E-state index is 14.0. The van der Waals surface area contributed by atoms with Crippen LogP contribution in [-0.4, -0.2) is 36.9 Å². The van der Waals surface area contributed by atoms with E-state index in [1.165, 1.54) is 6.33 Å². The molecule has 2 aromatic rings. The molecule has 6 nitrogen and oxygen atoms in total. The fraction of sp³-hybridized carbons (Fsp3) is 0.545. The zero-order chi connectivity index (χ0) is 12.8. The van der Waals surface area contributed by atoms with E-state index in [4.69, 9.17) is 10.8 Å². The average molecular weight is 251 g/mol. The first kappa shape index (κ1) is 11.3. The molecule has 0 saturated heterocycles. The first-order chi connectivity index (χ1) is 8.63. The summed E-state index contributed by atoms with van der Waals surface area (Å²) >= 11 is 0. The first-order valence-electron chi connectivity index (χ1n) is 5.86. The van der Waals surface area contributed by atoms with Gasteiger partial charge in [0.25, 0.3) is 0 Å². The molecule has 2 aromatic heterocycles. The van der Waals surface area contributed by atoms with Crippen molar-refractivity contribution in [1.82, 2.24) is 19.5 Å². The van der Waals surface area contributed by atoms with E-state index in [0.717, 1.165) is 0 Å². The van der Waals surface area contributed by atoms with Crippen molar-refractivity contribution in [2.75, 3.05) is 12.3 Å². The number of nitrogen functional groups attached to an aromatic ring is 1. The molecule has 2 heterocycles. The van der Waals surface area contributed by atoms with Gasteiger partial charge < -0.3 is 15.4 Å². The van der Waals surface area contributed by atoms with Crippen molar-refractivity contribution < 1.29 is 9.50 Å². The summed E-state index contributed by atoms with van der Waals surface area (Å²) in [4.78, 5) is 12.2. The summed E-state index contributed by atoms with van der Waals surface area (Å²) in [5, 5.41) is 9.05. The van der Waals surface area contributed by atoms with Gasteiger partial charge in [0.2, 0.25) is 0 Å². The number of aliphatic hydroxyl groups is 1. The van der Waals surface area contributed by atoms with Crippen molar-refractivity contribution >= 4 is 17.0 Å². The Kier molecular flexibility index (Phi) is 2.44. The Balaban J connectivity index is 1.99. The number of imidazole rings is 1. The number of rotatable bonds is 2. The van der Waals surface area contributed by atoms with E-state index in [-0.39, 0.29) is 12.5 Å². The second-order valence-electron chi connectivity index (χ2n) is 4.79. The van der Waals surface area contributed by atoms with Crippen LogP contribution in [0.1, 0.15) is 25.3 Å². The fourth-order valence-corrected chi connectivity index (χ4v) is 2.57. The molecule has 0 spiro atoms. The van der Waals surface area contributed by atoms with Crippen LogP contribution in [0.4, 0.5) is 10.2 Å². The molecule has 2 atom stereocenters. The second kappa shape index (κ2) is 3.88. The van der Waals surface area contributed by atoms with Crippen LogP contribution < -0.4 is 5.73 Å². The van der Waals surface area contributed by atoms with E-state index >= 15 is 0 Å². The molecular formula is C11H14FN5O.